The van der Waals surface area contributed by atoms with Gasteiger partial charge in [0.05, 0.1) is 23.4 Å². The summed E-state index contributed by atoms with van der Waals surface area (Å²) < 4.78 is 24.5. The van der Waals surface area contributed by atoms with E-state index in [1.54, 1.807) is 12.1 Å². The van der Waals surface area contributed by atoms with Crippen molar-refractivity contribution in [2.24, 2.45) is 0 Å². The predicted molar refractivity (Wildman–Crippen MR) is 97.6 cm³/mol. The van der Waals surface area contributed by atoms with Gasteiger partial charge in [-0.2, -0.15) is 0 Å². The van der Waals surface area contributed by atoms with E-state index < -0.39 is 22.8 Å². The lowest BCUT2D eigenvalue weighted by molar-refractivity contribution is -0.138. The second kappa shape index (κ2) is 5.88. The third-order valence-electron chi connectivity index (χ3n) is 5.39. The fourth-order valence-electron chi connectivity index (χ4n) is 4.23. The molecule has 2 saturated heterocycles. The lowest BCUT2D eigenvalue weighted by Crippen LogP contribution is -2.59. The van der Waals surface area contributed by atoms with E-state index in [2.05, 4.69) is 10.3 Å². The summed E-state index contributed by atoms with van der Waals surface area (Å²) in [6.07, 6.45) is 1.78. The minimum atomic E-state index is -1.11. The molecule has 0 radical (unpaired) electrons. The number of hydrogen-bond donors (Lipinski definition) is 1. The van der Waals surface area contributed by atoms with E-state index in [1.807, 2.05) is 27.7 Å². The van der Waals surface area contributed by atoms with E-state index in [4.69, 9.17) is 9.15 Å². The Morgan fingerprint density at radius 2 is 1.86 bits per heavy atom. The van der Waals surface area contributed by atoms with Gasteiger partial charge in [0, 0.05) is 12.0 Å². The first-order valence-corrected chi connectivity index (χ1v) is 9.08. The van der Waals surface area contributed by atoms with Crippen LogP contribution in [0.5, 0.6) is 0 Å². The zero-order valence-electron chi connectivity index (χ0n) is 16.2. The highest BCUT2D eigenvalue weighted by atomic mass is 19.1. The van der Waals surface area contributed by atoms with Gasteiger partial charge in [-0.05, 0) is 52.0 Å². The standard InChI is InChI=1S/C20H22FN3O4/c1-18(2)11-20(19(3,4)28-18)16(25)24(17(26)23-20)9-14-10-27-15(22-14)12-5-7-13(21)8-6-12/h5-8,10H,9,11H2,1-4H3,(H,23,26). The number of aromatic nitrogens is 1. The topological polar surface area (TPSA) is 84.7 Å². The molecule has 2 aliphatic rings. The Kier molecular flexibility index (Phi) is 3.91. The second-order valence-corrected chi connectivity index (χ2v) is 8.43. The van der Waals surface area contributed by atoms with Crippen molar-refractivity contribution in [3.63, 3.8) is 0 Å². The summed E-state index contributed by atoms with van der Waals surface area (Å²) in [6.45, 7) is 7.41. The summed E-state index contributed by atoms with van der Waals surface area (Å²) in [4.78, 5) is 31.3. The number of oxazole rings is 1. The van der Waals surface area contributed by atoms with Gasteiger partial charge in [-0.3, -0.25) is 9.69 Å². The molecule has 1 unspecified atom stereocenters. The fourth-order valence-corrected chi connectivity index (χ4v) is 4.23. The average Bonchev–Trinajstić information content (AvgIpc) is 3.19. The molecule has 148 valence electrons. The summed E-state index contributed by atoms with van der Waals surface area (Å²) in [5.41, 5.74) is -1.46. The predicted octanol–water partition coefficient (Wildman–Crippen LogP) is 3.25. The van der Waals surface area contributed by atoms with Crippen molar-refractivity contribution in [2.75, 3.05) is 0 Å². The molecule has 0 saturated carbocycles. The van der Waals surface area contributed by atoms with Crippen LogP contribution in [0.4, 0.5) is 9.18 Å². The molecule has 2 fully saturated rings. The van der Waals surface area contributed by atoms with Crippen LogP contribution >= 0.6 is 0 Å². The Morgan fingerprint density at radius 3 is 2.46 bits per heavy atom. The van der Waals surface area contributed by atoms with Crippen molar-refractivity contribution in [3.8, 4) is 11.5 Å². The number of amides is 3. The third-order valence-corrected chi connectivity index (χ3v) is 5.39. The van der Waals surface area contributed by atoms with E-state index in [-0.39, 0.29) is 18.3 Å². The molecule has 3 heterocycles. The number of carbonyl (C=O) groups is 2. The maximum atomic E-state index is 13.2. The lowest BCUT2D eigenvalue weighted by Gasteiger charge is -2.33. The highest BCUT2D eigenvalue weighted by Crippen LogP contribution is 2.48. The molecule has 4 rings (SSSR count). The van der Waals surface area contributed by atoms with Gasteiger partial charge < -0.3 is 14.5 Å². The Bertz CT molecular complexity index is 951. The molecule has 28 heavy (non-hydrogen) atoms. The Hall–Kier alpha value is -2.74. The first-order valence-electron chi connectivity index (χ1n) is 9.08. The molecule has 1 N–H and O–H groups in total. The van der Waals surface area contributed by atoms with Crippen molar-refractivity contribution in [1.82, 2.24) is 15.2 Å². The summed E-state index contributed by atoms with van der Waals surface area (Å²) in [5.74, 6) is -0.397. The van der Waals surface area contributed by atoms with Crippen LogP contribution in [0.3, 0.4) is 0 Å². The number of ether oxygens (including phenoxy) is 1. The van der Waals surface area contributed by atoms with E-state index in [0.29, 0.717) is 23.6 Å². The number of urea groups is 1. The summed E-state index contributed by atoms with van der Waals surface area (Å²) >= 11 is 0. The third kappa shape index (κ3) is 2.79. The normalized spacial score (nSPS) is 25.5. The first kappa shape index (κ1) is 18.6. The molecule has 2 aliphatic heterocycles. The Morgan fingerprint density at radius 1 is 1.18 bits per heavy atom. The maximum absolute atomic E-state index is 13.2. The summed E-state index contributed by atoms with van der Waals surface area (Å²) in [6, 6.07) is 5.24. The number of benzene rings is 1. The molecule has 1 aromatic carbocycles. The maximum Gasteiger partial charge on any atom is 0.325 e. The van der Waals surface area contributed by atoms with E-state index in [1.165, 1.54) is 18.4 Å². The monoisotopic (exact) mass is 387 g/mol. The second-order valence-electron chi connectivity index (χ2n) is 8.43. The van der Waals surface area contributed by atoms with Crippen LogP contribution in [-0.2, 0) is 16.1 Å². The van der Waals surface area contributed by atoms with Crippen molar-refractivity contribution in [2.45, 2.75) is 57.4 Å². The van der Waals surface area contributed by atoms with Crippen LogP contribution < -0.4 is 5.32 Å². The number of hydrogen-bond acceptors (Lipinski definition) is 5. The van der Waals surface area contributed by atoms with Gasteiger partial charge in [0.1, 0.15) is 12.1 Å². The van der Waals surface area contributed by atoms with E-state index in [9.17, 15) is 14.0 Å². The van der Waals surface area contributed by atoms with Crippen molar-refractivity contribution < 1.29 is 23.1 Å². The Balaban J connectivity index is 1.57. The van der Waals surface area contributed by atoms with Crippen LogP contribution in [-0.4, -0.2) is 38.6 Å². The molecule has 8 heteroatoms. The van der Waals surface area contributed by atoms with Crippen molar-refractivity contribution in [3.05, 3.63) is 42.0 Å². The smallest absolute Gasteiger partial charge is 0.325 e. The van der Waals surface area contributed by atoms with Crippen LogP contribution in [0.1, 0.15) is 39.8 Å². The van der Waals surface area contributed by atoms with E-state index in [0.717, 1.165) is 4.90 Å². The zero-order valence-corrected chi connectivity index (χ0v) is 16.2. The number of nitrogens with one attached hydrogen (secondary N) is 1. The molecule has 1 atom stereocenters. The number of rotatable bonds is 3. The fraction of sp³-hybridized carbons (Fsp3) is 0.450. The molecule has 3 amide bonds. The lowest BCUT2D eigenvalue weighted by atomic mass is 9.79. The summed E-state index contributed by atoms with van der Waals surface area (Å²) in [7, 11) is 0. The van der Waals surface area contributed by atoms with Gasteiger partial charge in [-0.15, -0.1) is 0 Å². The SMILES string of the molecule is CC1(C)CC2(NC(=O)N(Cc3coc(-c4ccc(F)cc4)n3)C2=O)C(C)(C)O1. The largest absolute Gasteiger partial charge is 0.444 e. The minimum absolute atomic E-state index is 0.0202. The van der Waals surface area contributed by atoms with Gasteiger partial charge >= 0.3 is 6.03 Å². The minimum Gasteiger partial charge on any atom is -0.444 e. The average molecular weight is 387 g/mol. The first-order chi connectivity index (χ1) is 13.0. The Labute approximate surface area is 161 Å². The van der Waals surface area contributed by atoms with Gasteiger partial charge in [0.25, 0.3) is 5.91 Å². The molecule has 0 aliphatic carbocycles. The molecular formula is C20H22FN3O4. The van der Waals surface area contributed by atoms with Gasteiger partial charge in [0.2, 0.25) is 5.89 Å². The van der Waals surface area contributed by atoms with E-state index >= 15 is 0 Å². The van der Waals surface area contributed by atoms with Crippen LogP contribution in [0.2, 0.25) is 0 Å². The number of halogens is 1. The molecule has 7 nitrogen and oxygen atoms in total. The van der Waals surface area contributed by atoms with Crippen molar-refractivity contribution in [1.29, 1.82) is 0 Å². The molecule has 0 bridgehead atoms. The van der Waals surface area contributed by atoms with Gasteiger partial charge in [-0.25, -0.2) is 14.2 Å². The molecular weight excluding hydrogens is 365 g/mol. The molecule has 1 aromatic heterocycles. The number of nitrogens with zero attached hydrogens (tertiary/aromatic N) is 2. The number of imide groups is 1. The van der Waals surface area contributed by atoms with Gasteiger partial charge in [-0.1, -0.05) is 0 Å². The zero-order chi connectivity index (χ0) is 20.3. The van der Waals surface area contributed by atoms with Gasteiger partial charge in [0.15, 0.2) is 5.54 Å². The number of carbonyl (C=O) groups excluding carboxylic acids is 2. The highest BCUT2D eigenvalue weighted by Gasteiger charge is 2.67. The van der Waals surface area contributed by atoms with Crippen LogP contribution in [0.15, 0.2) is 34.9 Å². The quantitative estimate of drug-likeness (QED) is 0.818. The summed E-state index contributed by atoms with van der Waals surface area (Å²) in [5, 5.41) is 2.85. The van der Waals surface area contributed by atoms with Crippen molar-refractivity contribution >= 4 is 11.9 Å². The highest BCUT2D eigenvalue weighted by molar-refractivity contribution is 6.08. The van der Waals surface area contributed by atoms with Crippen LogP contribution in [0.25, 0.3) is 11.5 Å². The molecule has 1 spiro atoms. The molecule has 2 aromatic rings. The van der Waals surface area contributed by atoms with Crippen LogP contribution in [0, 0.1) is 5.82 Å².